The van der Waals surface area contributed by atoms with E-state index in [1.165, 1.54) is 17.7 Å². The van der Waals surface area contributed by atoms with Gasteiger partial charge in [-0.3, -0.25) is 0 Å². The van der Waals surface area contributed by atoms with Gasteiger partial charge in [-0.15, -0.1) is 11.8 Å². The minimum atomic E-state index is 0.368. The number of thioether (sulfide) groups is 1. The van der Waals surface area contributed by atoms with E-state index in [9.17, 15) is 0 Å². The zero-order chi connectivity index (χ0) is 12.0. The Labute approximate surface area is 114 Å². The maximum atomic E-state index is 5.86. The number of thiol groups is 1. The summed E-state index contributed by atoms with van der Waals surface area (Å²) in [4.78, 5) is 1.29. The van der Waals surface area contributed by atoms with Crippen LogP contribution in [0, 0.1) is 5.41 Å². The predicted molar refractivity (Wildman–Crippen MR) is 79.0 cm³/mol. The molecule has 0 saturated carbocycles. The average Bonchev–Trinajstić information content (AvgIpc) is 2.34. The standard InChI is InChI=1S/C13H19ClS2/c1-3-13(4-2,9-15)10-16-12-7-5-11(14)6-8-12/h5-8,15H,3-4,9-10H2,1-2H3. The van der Waals surface area contributed by atoms with Crippen molar-refractivity contribution >= 4 is 36.0 Å². The van der Waals surface area contributed by atoms with Crippen molar-refractivity contribution in [2.24, 2.45) is 5.41 Å². The van der Waals surface area contributed by atoms with Crippen molar-refractivity contribution in [1.29, 1.82) is 0 Å². The van der Waals surface area contributed by atoms with E-state index in [4.69, 9.17) is 11.6 Å². The molecule has 90 valence electrons. The second-order valence-corrected chi connectivity index (χ2v) is 5.91. The van der Waals surface area contributed by atoms with Gasteiger partial charge in [-0.25, -0.2) is 0 Å². The summed E-state index contributed by atoms with van der Waals surface area (Å²) in [7, 11) is 0. The molecule has 0 heterocycles. The van der Waals surface area contributed by atoms with Gasteiger partial charge in [0.1, 0.15) is 0 Å². The Bertz CT molecular complexity index is 296. The molecule has 1 aromatic carbocycles. The number of hydrogen-bond acceptors (Lipinski definition) is 2. The Morgan fingerprint density at radius 1 is 1.19 bits per heavy atom. The van der Waals surface area contributed by atoms with Crippen LogP contribution < -0.4 is 0 Å². The number of rotatable bonds is 6. The Balaban J connectivity index is 2.58. The molecule has 0 aromatic heterocycles. The summed E-state index contributed by atoms with van der Waals surface area (Å²) in [6, 6.07) is 8.07. The third-order valence-electron chi connectivity index (χ3n) is 3.19. The van der Waals surface area contributed by atoms with Crippen molar-refractivity contribution in [3.63, 3.8) is 0 Å². The Morgan fingerprint density at radius 3 is 2.19 bits per heavy atom. The van der Waals surface area contributed by atoms with Crippen molar-refractivity contribution in [1.82, 2.24) is 0 Å². The van der Waals surface area contributed by atoms with Crippen LogP contribution >= 0.6 is 36.0 Å². The monoisotopic (exact) mass is 274 g/mol. The zero-order valence-corrected chi connectivity index (χ0v) is 12.3. The molecule has 0 radical (unpaired) electrons. The minimum Gasteiger partial charge on any atom is -0.179 e. The van der Waals surface area contributed by atoms with Crippen molar-refractivity contribution in [3.8, 4) is 0 Å². The fraction of sp³-hybridized carbons (Fsp3) is 0.538. The molecule has 0 N–H and O–H groups in total. The molecule has 1 aromatic rings. The molecule has 0 saturated heterocycles. The lowest BCUT2D eigenvalue weighted by Crippen LogP contribution is -2.24. The SMILES string of the molecule is CCC(CC)(CS)CSc1ccc(Cl)cc1. The zero-order valence-electron chi connectivity index (χ0n) is 9.87. The van der Waals surface area contributed by atoms with E-state index in [1.807, 2.05) is 23.9 Å². The van der Waals surface area contributed by atoms with E-state index >= 15 is 0 Å². The summed E-state index contributed by atoms with van der Waals surface area (Å²) in [5.74, 6) is 2.09. The first-order valence-corrected chi connectivity index (χ1v) is 7.64. The number of benzene rings is 1. The third-order valence-corrected chi connectivity index (χ3v) is 5.48. The third kappa shape index (κ3) is 3.90. The van der Waals surface area contributed by atoms with E-state index in [1.54, 1.807) is 0 Å². The maximum absolute atomic E-state index is 5.86. The molecule has 0 bridgehead atoms. The van der Waals surface area contributed by atoms with Gasteiger partial charge in [0.15, 0.2) is 0 Å². The van der Waals surface area contributed by atoms with Crippen molar-refractivity contribution in [2.45, 2.75) is 31.6 Å². The molecule has 3 heteroatoms. The van der Waals surface area contributed by atoms with Crippen LogP contribution in [0.2, 0.25) is 5.02 Å². The largest absolute Gasteiger partial charge is 0.179 e. The molecule has 0 spiro atoms. The highest BCUT2D eigenvalue weighted by Crippen LogP contribution is 2.35. The molecular formula is C13H19ClS2. The van der Waals surface area contributed by atoms with Crippen LogP contribution in [0.1, 0.15) is 26.7 Å². The van der Waals surface area contributed by atoms with Gasteiger partial charge in [-0.05, 0) is 48.3 Å². The lowest BCUT2D eigenvalue weighted by Gasteiger charge is -2.29. The van der Waals surface area contributed by atoms with Gasteiger partial charge in [0.2, 0.25) is 0 Å². The van der Waals surface area contributed by atoms with Gasteiger partial charge in [0.25, 0.3) is 0 Å². The van der Waals surface area contributed by atoms with Crippen LogP contribution in [0.4, 0.5) is 0 Å². The minimum absolute atomic E-state index is 0.368. The first-order chi connectivity index (χ1) is 7.65. The number of halogens is 1. The van der Waals surface area contributed by atoms with E-state index < -0.39 is 0 Å². The predicted octanol–water partition coefficient (Wildman–Crippen LogP) is 5.17. The van der Waals surface area contributed by atoms with Gasteiger partial charge >= 0.3 is 0 Å². The Kier molecular flexibility index (Phi) is 6.09. The Morgan fingerprint density at radius 2 is 1.75 bits per heavy atom. The first-order valence-electron chi connectivity index (χ1n) is 5.65. The lowest BCUT2D eigenvalue weighted by atomic mass is 9.87. The first kappa shape index (κ1) is 14.3. The summed E-state index contributed by atoms with van der Waals surface area (Å²) in [6.07, 6.45) is 2.38. The number of hydrogen-bond donors (Lipinski definition) is 1. The molecule has 0 nitrogen and oxygen atoms in total. The summed E-state index contributed by atoms with van der Waals surface area (Å²) in [5.41, 5.74) is 0.368. The smallest absolute Gasteiger partial charge is 0.0406 e. The normalized spacial score (nSPS) is 11.8. The molecule has 0 aliphatic heterocycles. The summed E-state index contributed by atoms with van der Waals surface area (Å²) in [5, 5.41) is 0.802. The second kappa shape index (κ2) is 6.83. The van der Waals surface area contributed by atoms with E-state index in [-0.39, 0.29) is 0 Å². The van der Waals surface area contributed by atoms with Gasteiger partial charge in [-0.1, -0.05) is 25.4 Å². The van der Waals surface area contributed by atoms with E-state index in [2.05, 4.69) is 38.6 Å². The highest BCUT2D eigenvalue weighted by atomic mass is 35.5. The van der Waals surface area contributed by atoms with Gasteiger partial charge in [-0.2, -0.15) is 12.6 Å². The highest BCUT2D eigenvalue weighted by molar-refractivity contribution is 7.99. The van der Waals surface area contributed by atoms with Gasteiger partial charge in [0, 0.05) is 15.7 Å². The maximum Gasteiger partial charge on any atom is 0.0406 e. The summed E-state index contributed by atoms with van der Waals surface area (Å²) >= 11 is 12.3. The van der Waals surface area contributed by atoms with Crippen LogP contribution in [0.3, 0.4) is 0 Å². The fourth-order valence-electron chi connectivity index (χ4n) is 1.49. The molecule has 0 atom stereocenters. The van der Waals surface area contributed by atoms with Crippen LogP contribution in [0.25, 0.3) is 0 Å². The van der Waals surface area contributed by atoms with Crippen LogP contribution in [-0.2, 0) is 0 Å². The molecular weight excluding hydrogens is 256 g/mol. The molecule has 0 aliphatic carbocycles. The van der Waals surface area contributed by atoms with Crippen molar-refractivity contribution in [2.75, 3.05) is 11.5 Å². The van der Waals surface area contributed by atoms with Gasteiger partial charge < -0.3 is 0 Å². The topological polar surface area (TPSA) is 0 Å². The van der Waals surface area contributed by atoms with Crippen LogP contribution in [0.15, 0.2) is 29.2 Å². The quantitative estimate of drug-likeness (QED) is 0.552. The summed E-state index contributed by atoms with van der Waals surface area (Å²) < 4.78 is 0. The van der Waals surface area contributed by atoms with Crippen molar-refractivity contribution < 1.29 is 0 Å². The molecule has 0 unspecified atom stereocenters. The average molecular weight is 275 g/mol. The fourth-order valence-corrected chi connectivity index (χ4v) is 3.64. The van der Waals surface area contributed by atoms with Crippen LogP contribution in [-0.4, -0.2) is 11.5 Å². The Hall–Kier alpha value is 0.210. The summed E-state index contributed by atoms with van der Waals surface area (Å²) in [6.45, 7) is 4.50. The highest BCUT2D eigenvalue weighted by Gasteiger charge is 2.24. The van der Waals surface area contributed by atoms with E-state index in [0.29, 0.717) is 5.41 Å². The van der Waals surface area contributed by atoms with E-state index in [0.717, 1.165) is 16.5 Å². The second-order valence-electron chi connectivity index (χ2n) is 4.11. The molecule has 0 amide bonds. The van der Waals surface area contributed by atoms with Gasteiger partial charge in [0.05, 0.1) is 0 Å². The van der Waals surface area contributed by atoms with Crippen molar-refractivity contribution in [3.05, 3.63) is 29.3 Å². The van der Waals surface area contributed by atoms with Crippen LogP contribution in [0.5, 0.6) is 0 Å². The molecule has 1 rings (SSSR count). The molecule has 0 fully saturated rings. The lowest BCUT2D eigenvalue weighted by molar-refractivity contribution is 0.357. The molecule has 0 aliphatic rings. The molecule has 16 heavy (non-hydrogen) atoms.